The summed E-state index contributed by atoms with van der Waals surface area (Å²) in [5.74, 6) is -0.133. The van der Waals surface area contributed by atoms with Gasteiger partial charge in [-0.05, 0) is 55.4 Å². The Kier molecular flexibility index (Phi) is 7.54. The predicted molar refractivity (Wildman–Crippen MR) is 139 cm³/mol. The van der Waals surface area contributed by atoms with Crippen molar-refractivity contribution in [2.45, 2.75) is 69.6 Å². The Hall–Kier alpha value is -2.57. The molecule has 3 fully saturated rings. The van der Waals surface area contributed by atoms with Gasteiger partial charge in [-0.2, -0.15) is 0 Å². The van der Waals surface area contributed by atoms with E-state index in [2.05, 4.69) is 5.32 Å². The predicted octanol–water partition coefficient (Wildman–Crippen LogP) is 5.45. The highest BCUT2D eigenvalue weighted by Crippen LogP contribution is 2.52. The Morgan fingerprint density at radius 3 is 2.42 bits per heavy atom. The number of aliphatic carboxylic acids is 1. The third-order valence-electron chi connectivity index (χ3n) is 8.26. The molecule has 3 aliphatic rings. The molecule has 0 aromatic heterocycles. The van der Waals surface area contributed by atoms with Gasteiger partial charge >= 0.3 is 5.97 Å². The highest BCUT2D eigenvalue weighted by molar-refractivity contribution is 6.30. The molecule has 2 aliphatic carbocycles. The van der Waals surface area contributed by atoms with Gasteiger partial charge < -0.3 is 20.1 Å². The Bertz CT molecular complexity index is 1080. The summed E-state index contributed by atoms with van der Waals surface area (Å²) in [5.41, 5.74) is 1.89. The van der Waals surface area contributed by atoms with Crippen molar-refractivity contribution in [3.8, 4) is 5.75 Å². The van der Waals surface area contributed by atoms with E-state index in [0.717, 1.165) is 61.8 Å². The van der Waals surface area contributed by atoms with Crippen LogP contribution in [0.5, 0.6) is 5.75 Å². The second-order valence-electron chi connectivity index (χ2n) is 10.5. The first kappa shape index (κ1) is 25.1. The lowest BCUT2D eigenvalue weighted by atomic mass is 9.86. The number of halogens is 1. The van der Waals surface area contributed by atoms with Gasteiger partial charge in [-0.3, -0.25) is 4.79 Å². The van der Waals surface area contributed by atoms with Crippen LogP contribution in [0.2, 0.25) is 5.02 Å². The summed E-state index contributed by atoms with van der Waals surface area (Å²) in [6.07, 6.45) is 6.88. The molecular weight excluding hydrogens is 476 g/mol. The topological polar surface area (TPSA) is 78.9 Å². The van der Waals surface area contributed by atoms with Crippen LogP contribution in [-0.4, -0.2) is 41.1 Å². The van der Waals surface area contributed by atoms with Gasteiger partial charge in [0.25, 0.3) is 0 Å². The minimum absolute atomic E-state index is 0.00578. The van der Waals surface area contributed by atoms with Crippen LogP contribution in [0.15, 0.2) is 48.5 Å². The summed E-state index contributed by atoms with van der Waals surface area (Å²) in [6.45, 7) is 0.471. The van der Waals surface area contributed by atoms with Crippen molar-refractivity contribution in [2.24, 2.45) is 17.8 Å². The number of carboxylic acids is 1. The summed E-state index contributed by atoms with van der Waals surface area (Å²) in [7, 11) is 1.63. The Balaban J connectivity index is 1.54. The molecule has 1 aliphatic heterocycles. The van der Waals surface area contributed by atoms with Crippen LogP contribution >= 0.6 is 11.6 Å². The number of amides is 1. The van der Waals surface area contributed by atoms with Gasteiger partial charge in [-0.1, -0.05) is 61.2 Å². The maximum atomic E-state index is 14.0. The molecule has 2 aromatic rings. The molecule has 2 aromatic carbocycles. The largest absolute Gasteiger partial charge is 0.496 e. The molecule has 1 amide bonds. The van der Waals surface area contributed by atoms with Crippen molar-refractivity contribution >= 4 is 23.5 Å². The summed E-state index contributed by atoms with van der Waals surface area (Å²) in [5, 5.41) is 14.8. The van der Waals surface area contributed by atoms with Crippen LogP contribution < -0.4 is 10.1 Å². The minimum atomic E-state index is -0.901. The number of hydrogen-bond donors (Lipinski definition) is 2. The first-order valence-corrected chi connectivity index (χ1v) is 13.5. The Labute approximate surface area is 218 Å². The molecule has 1 heterocycles. The lowest BCUT2D eigenvalue weighted by Gasteiger charge is -2.35. The third kappa shape index (κ3) is 4.98. The van der Waals surface area contributed by atoms with E-state index in [1.54, 1.807) is 18.1 Å². The zero-order valence-electron chi connectivity index (χ0n) is 20.7. The molecule has 1 saturated heterocycles. The summed E-state index contributed by atoms with van der Waals surface area (Å²) in [4.78, 5) is 28.6. The van der Waals surface area contributed by atoms with Crippen molar-refractivity contribution in [3.63, 3.8) is 0 Å². The molecule has 0 spiro atoms. The maximum absolute atomic E-state index is 14.0. The van der Waals surface area contributed by atoms with Crippen LogP contribution in [-0.2, 0) is 16.1 Å². The second-order valence-corrected chi connectivity index (χ2v) is 10.9. The fourth-order valence-corrected chi connectivity index (χ4v) is 6.66. The molecule has 5 rings (SSSR count). The Morgan fingerprint density at radius 1 is 1.06 bits per heavy atom. The average molecular weight is 511 g/mol. The molecule has 36 heavy (non-hydrogen) atoms. The van der Waals surface area contributed by atoms with Gasteiger partial charge in [0.2, 0.25) is 5.91 Å². The van der Waals surface area contributed by atoms with Gasteiger partial charge in [0, 0.05) is 35.0 Å². The lowest BCUT2D eigenvalue weighted by molar-refractivity contribution is -0.153. The quantitative estimate of drug-likeness (QED) is 0.493. The molecule has 4 unspecified atom stereocenters. The van der Waals surface area contributed by atoms with Gasteiger partial charge in [-0.25, -0.2) is 4.79 Å². The third-order valence-corrected chi connectivity index (χ3v) is 8.49. The SMILES string of the molecule is COc1ccc(Cl)cc1CNC1C(C2CC2)C(C(=O)O)N(C(=O)C2CCCCC2)C1c1ccccc1. The van der Waals surface area contributed by atoms with Gasteiger partial charge in [0.15, 0.2) is 0 Å². The molecule has 2 saturated carbocycles. The fourth-order valence-electron chi connectivity index (χ4n) is 6.47. The minimum Gasteiger partial charge on any atom is -0.496 e. The highest BCUT2D eigenvalue weighted by Gasteiger charge is 2.59. The summed E-state index contributed by atoms with van der Waals surface area (Å²) in [6, 6.07) is 14.1. The van der Waals surface area contributed by atoms with Crippen LogP contribution in [0.1, 0.15) is 62.1 Å². The van der Waals surface area contributed by atoms with Crippen LogP contribution in [0.4, 0.5) is 0 Å². The standard InChI is InChI=1S/C29H35ClN2O4/c1-36-23-15-14-22(30)16-21(23)17-31-25-24(18-12-13-18)27(29(34)35)32(26(25)19-8-4-2-5-9-19)28(33)20-10-6-3-7-11-20/h2,4-5,8-9,14-16,18,20,24-27,31H,3,6-7,10-13,17H2,1H3,(H,34,35). The number of rotatable bonds is 8. The number of carboxylic acid groups (broad SMARTS) is 1. The number of hydrogen-bond acceptors (Lipinski definition) is 4. The first-order valence-electron chi connectivity index (χ1n) is 13.2. The monoisotopic (exact) mass is 510 g/mol. The van der Waals surface area contributed by atoms with Gasteiger partial charge in [0.05, 0.1) is 13.2 Å². The number of carbonyl (C=O) groups excluding carboxylic acids is 1. The molecule has 192 valence electrons. The molecule has 4 atom stereocenters. The zero-order valence-corrected chi connectivity index (χ0v) is 21.5. The Morgan fingerprint density at radius 2 is 1.78 bits per heavy atom. The van der Waals surface area contributed by atoms with Crippen molar-refractivity contribution in [3.05, 3.63) is 64.7 Å². The van der Waals surface area contributed by atoms with Crippen LogP contribution in [0.3, 0.4) is 0 Å². The lowest BCUT2D eigenvalue weighted by Crippen LogP contribution is -2.47. The normalized spacial score (nSPS) is 26.7. The number of nitrogens with one attached hydrogen (secondary N) is 1. The number of benzene rings is 2. The maximum Gasteiger partial charge on any atom is 0.326 e. The van der Waals surface area contributed by atoms with E-state index in [9.17, 15) is 14.7 Å². The van der Waals surface area contributed by atoms with E-state index in [1.165, 1.54) is 0 Å². The average Bonchev–Trinajstić information content (AvgIpc) is 3.68. The molecule has 0 bridgehead atoms. The summed E-state index contributed by atoms with van der Waals surface area (Å²) >= 11 is 6.28. The molecule has 0 radical (unpaired) electrons. The van der Waals surface area contributed by atoms with E-state index in [0.29, 0.717) is 17.5 Å². The number of nitrogens with zero attached hydrogens (tertiary/aromatic N) is 1. The van der Waals surface area contributed by atoms with E-state index < -0.39 is 12.0 Å². The highest BCUT2D eigenvalue weighted by atomic mass is 35.5. The molecular formula is C29H35ClN2O4. The van der Waals surface area contributed by atoms with Crippen molar-refractivity contribution in [1.29, 1.82) is 0 Å². The van der Waals surface area contributed by atoms with E-state index >= 15 is 0 Å². The fraction of sp³-hybridized carbons (Fsp3) is 0.517. The van der Waals surface area contributed by atoms with Crippen molar-refractivity contribution in [2.75, 3.05) is 7.11 Å². The van der Waals surface area contributed by atoms with E-state index in [4.69, 9.17) is 16.3 Å². The van der Waals surface area contributed by atoms with Crippen molar-refractivity contribution in [1.82, 2.24) is 10.2 Å². The number of ether oxygens (including phenoxy) is 1. The molecule has 6 nitrogen and oxygen atoms in total. The van der Waals surface area contributed by atoms with E-state index in [1.807, 2.05) is 42.5 Å². The number of likely N-dealkylation sites (tertiary alicyclic amines) is 1. The van der Waals surface area contributed by atoms with Gasteiger partial charge in [0.1, 0.15) is 11.8 Å². The van der Waals surface area contributed by atoms with Gasteiger partial charge in [-0.15, -0.1) is 0 Å². The number of methoxy groups -OCH3 is 1. The van der Waals surface area contributed by atoms with Crippen LogP contribution in [0.25, 0.3) is 0 Å². The second kappa shape index (κ2) is 10.8. The summed E-state index contributed by atoms with van der Waals surface area (Å²) < 4.78 is 5.55. The first-order chi connectivity index (χ1) is 17.5. The van der Waals surface area contributed by atoms with Crippen molar-refractivity contribution < 1.29 is 19.4 Å². The smallest absolute Gasteiger partial charge is 0.326 e. The number of carbonyl (C=O) groups is 2. The van der Waals surface area contributed by atoms with E-state index in [-0.39, 0.29) is 29.8 Å². The molecule has 2 N–H and O–H groups in total. The van der Waals surface area contributed by atoms with Crippen LogP contribution in [0, 0.1) is 17.8 Å². The molecule has 7 heteroatoms. The zero-order chi connectivity index (χ0) is 25.2.